The second-order valence-electron chi connectivity index (χ2n) is 18.7. The summed E-state index contributed by atoms with van der Waals surface area (Å²) in [6, 6.07) is 44.1. The van der Waals surface area contributed by atoms with Crippen LogP contribution in [-0.2, 0) is 24.7 Å². The second-order valence-corrected chi connectivity index (χ2v) is 18.7. The van der Waals surface area contributed by atoms with Crippen LogP contribution >= 0.6 is 0 Å². The molecule has 0 spiro atoms. The zero-order valence-corrected chi connectivity index (χ0v) is 40.5. The van der Waals surface area contributed by atoms with E-state index in [0.717, 1.165) is 48.5 Å². The lowest BCUT2D eigenvalue weighted by molar-refractivity contribution is -0.138. The van der Waals surface area contributed by atoms with Gasteiger partial charge in [-0.2, -0.15) is 73.7 Å². The molecule has 0 aliphatic carbocycles. The minimum Gasteiger partial charge on any atom is -0.192 e. The molecule has 0 aliphatic heterocycles. The molecule has 16 heteroatoms. The van der Waals surface area contributed by atoms with Crippen molar-refractivity contribution in [2.24, 2.45) is 0 Å². The van der Waals surface area contributed by atoms with Crippen LogP contribution in [0.4, 0.5) is 52.7 Å². The Morgan fingerprint density at radius 3 is 0.600 bits per heavy atom. The number of halogens is 12. The number of fused-ring (bicyclic) bond motifs is 6. The van der Waals surface area contributed by atoms with Crippen molar-refractivity contribution in [3.8, 4) is 68.8 Å². The molecule has 0 saturated carbocycles. The Morgan fingerprint density at radius 1 is 0.250 bits per heavy atom. The van der Waals surface area contributed by atoms with E-state index >= 15 is 0 Å². The molecule has 0 unspecified atom stereocenters. The molecule has 0 saturated heterocycles. The average Bonchev–Trinajstić information content (AvgIpc) is 3.54. The SMILES string of the molecule is N#CC(C#N)=c1c2cc3c(-c4ccc(C(F)(F)F)cc4)c4ccccc4c(-c4ccc(C(F)(F)F)cc4)c3cc2c(=C(C#N)C#N)c2cc3c(-c4ccc(C(F)(F)F)cc4)c4ccccc4c(-c4ccc(C(F)(F)F)cc4)c3cc12. The molecule has 388 valence electrons. The summed E-state index contributed by atoms with van der Waals surface area (Å²) in [7, 11) is 0. The van der Waals surface area contributed by atoms with Crippen LogP contribution in [0.1, 0.15) is 22.3 Å². The molecule has 11 aromatic carbocycles. The van der Waals surface area contributed by atoms with Crippen molar-refractivity contribution in [2.45, 2.75) is 24.7 Å². The number of hydrogen-bond acceptors (Lipinski definition) is 4. The molecule has 0 atom stereocenters. The lowest BCUT2D eigenvalue weighted by Crippen LogP contribution is -2.19. The first-order valence-corrected chi connectivity index (χ1v) is 23.9. The maximum Gasteiger partial charge on any atom is 0.416 e. The van der Waals surface area contributed by atoms with Crippen LogP contribution in [0.5, 0.6) is 0 Å². The Bertz CT molecular complexity index is 4160. The van der Waals surface area contributed by atoms with Crippen LogP contribution in [0, 0.1) is 45.3 Å². The number of hydrogen-bond donors (Lipinski definition) is 0. The van der Waals surface area contributed by atoms with Crippen molar-refractivity contribution in [3.63, 3.8) is 0 Å². The fourth-order valence-corrected chi connectivity index (χ4v) is 10.9. The van der Waals surface area contributed by atoms with E-state index in [0.29, 0.717) is 43.8 Å². The van der Waals surface area contributed by atoms with E-state index in [2.05, 4.69) is 0 Å². The Kier molecular flexibility index (Phi) is 12.2. The summed E-state index contributed by atoms with van der Waals surface area (Å²) in [5.41, 5.74) is -2.77. The molecular formula is C64H28F12N4. The summed E-state index contributed by atoms with van der Waals surface area (Å²) in [4.78, 5) is 0. The monoisotopic (exact) mass is 1080 g/mol. The normalized spacial score (nSPS) is 12.2. The number of alkyl halides is 12. The van der Waals surface area contributed by atoms with Crippen LogP contribution in [0.15, 0.2) is 170 Å². The Labute approximate surface area is 444 Å². The topological polar surface area (TPSA) is 95.2 Å². The van der Waals surface area contributed by atoms with E-state index in [-0.39, 0.29) is 75.8 Å². The van der Waals surface area contributed by atoms with Crippen molar-refractivity contribution in [3.05, 3.63) is 203 Å². The van der Waals surface area contributed by atoms with Crippen molar-refractivity contribution in [1.82, 2.24) is 0 Å². The van der Waals surface area contributed by atoms with E-state index < -0.39 is 58.1 Å². The molecule has 0 N–H and O–H groups in total. The average molecular weight is 1080 g/mol. The van der Waals surface area contributed by atoms with Crippen LogP contribution < -0.4 is 10.4 Å². The first-order valence-electron chi connectivity index (χ1n) is 23.9. The van der Waals surface area contributed by atoms with Crippen molar-refractivity contribution >= 4 is 75.8 Å². The molecule has 11 rings (SSSR count). The Morgan fingerprint density at radius 2 is 0.438 bits per heavy atom. The fourth-order valence-electron chi connectivity index (χ4n) is 10.9. The van der Waals surface area contributed by atoms with Crippen LogP contribution in [0.25, 0.3) is 120 Å². The Balaban J connectivity index is 1.42. The van der Waals surface area contributed by atoms with Gasteiger partial charge in [0.2, 0.25) is 0 Å². The van der Waals surface area contributed by atoms with E-state index in [9.17, 15) is 73.7 Å². The van der Waals surface area contributed by atoms with Crippen LogP contribution in [0.2, 0.25) is 0 Å². The van der Waals surface area contributed by atoms with E-state index in [1.165, 1.54) is 72.8 Å². The van der Waals surface area contributed by atoms with Crippen molar-refractivity contribution in [1.29, 1.82) is 21.0 Å². The van der Waals surface area contributed by atoms with Gasteiger partial charge in [-0.25, -0.2) is 0 Å². The van der Waals surface area contributed by atoms with Gasteiger partial charge in [0.1, 0.15) is 35.4 Å². The van der Waals surface area contributed by atoms with Crippen LogP contribution in [0.3, 0.4) is 0 Å². The van der Waals surface area contributed by atoms with E-state index in [1.54, 1.807) is 48.5 Å². The van der Waals surface area contributed by atoms with Gasteiger partial charge in [-0.15, -0.1) is 0 Å². The van der Waals surface area contributed by atoms with Gasteiger partial charge in [0.15, 0.2) is 0 Å². The van der Waals surface area contributed by atoms with Gasteiger partial charge < -0.3 is 0 Å². The fraction of sp³-hybridized carbons (Fsp3) is 0.0625. The highest BCUT2D eigenvalue weighted by Gasteiger charge is 2.34. The third kappa shape index (κ3) is 8.59. The highest BCUT2D eigenvalue weighted by molar-refractivity contribution is 6.27. The van der Waals surface area contributed by atoms with Gasteiger partial charge in [-0.05, 0) is 182 Å². The minimum absolute atomic E-state index is 0.0436. The number of nitriles is 4. The zero-order valence-electron chi connectivity index (χ0n) is 40.5. The van der Waals surface area contributed by atoms with Crippen molar-refractivity contribution in [2.75, 3.05) is 0 Å². The van der Waals surface area contributed by atoms with Gasteiger partial charge >= 0.3 is 24.7 Å². The second kappa shape index (κ2) is 18.8. The first kappa shape index (κ1) is 51.9. The summed E-state index contributed by atoms with van der Waals surface area (Å²) < 4.78 is 169. The molecule has 0 fully saturated rings. The molecule has 0 aliphatic rings. The van der Waals surface area contributed by atoms with E-state index in [1.807, 2.05) is 24.3 Å². The predicted molar refractivity (Wildman–Crippen MR) is 282 cm³/mol. The third-order valence-corrected chi connectivity index (χ3v) is 14.4. The first-order chi connectivity index (χ1) is 38.0. The summed E-state index contributed by atoms with van der Waals surface area (Å²) in [6.45, 7) is 0. The van der Waals surface area contributed by atoms with Gasteiger partial charge in [0.05, 0.1) is 22.3 Å². The number of benzene rings is 11. The van der Waals surface area contributed by atoms with Gasteiger partial charge in [-0.1, -0.05) is 97.1 Å². The molecule has 0 bridgehead atoms. The molecule has 80 heavy (non-hydrogen) atoms. The predicted octanol–water partition coefficient (Wildman–Crippen LogP) is 17.7. The highest BCUT2D eigenvalue weighted by Crippen LogP contribution is 2.49. The number of rotatable bonds is 4. The largest absolute Gasteiger partial charge is 0.416 e. The lowest BCUT2D eigenvalue weighted by atomic mass is 9.81. The maximum absolute atomic E-state index is 14.1. The molecule has 0 heterocycles. The quantitative estimate of drug-likeness (QED) is 0.130. The molecular weight excluding hydrogens is 1050 g/mol. The van der Waals surface area contributed by atoms with Gasteiger partial charge in [-0.3, -0.25) is 0 Å². The summed E-state index contributed by atoms with van der Waals surface area (Å²) in [5, 5.41) is 46.2. The zero-order chi connectivity index (χ0) is 56.8. The maximum atomic E-state index is 14.1. The van der Waals surface area contributed by atoms with Gasteiger partial charge in [0.25, 0.3) is 0 Å². The summed E-state index contributed by atoms with van der Waals surface area (Å²) >= 11 is 0. The molecule has 0 aromatic heterocycles. The highest BCUT2D eigenvalue weighted by atomic mass is 19.4. The lowest BCUT2D eigenvalue weighted by Gasteiger charge is -2.21. The minimum atomic E-state index is -4.74. The molecule has 0 amide bonds. The number of nitrogens with zero attached hydrogens (tertiary/aromatic N) is 4. The Hall–Kier alpha value is -10.2. The third-order valence-electron chi connectivity index (χ3n) is 14.4. The smallest absolute Gasteiger partial charge is 0.192 e. The van der Waals surface area contributed by atoms with E-state index in [4.69, 9.17) is 0 Å². The standard InChI is InChI=1S/C64H28F12N4/c65-61(66,67)39-17-9-33(10-18-39)55-43-5-1-2-6-44(43)56(34-11-19-40(20-12-34)62(68,69)70)48-26-52-51(25-47(48)55)59(37(29-77)30-78)53-27-49-50(28-54(53)60(52)38(31-79)32-80)58(36-15-23-42(24-16-36)64(74,75)76)46-8-4-3-7-45(46)57(49)35-13-21-41(22-14-35)63(71,72)73/h1-28H. The van der Waals surface area contributed by atoms with Crippen LogP contribution in [-0.4, -0.2) is 0 Å². The molecule has 11 aromatic rings. The molecule has 0 radical (unpaired) electrons. The summed E-state index contributed by atoms with van der Waals surface area (Å²) in [5.74, 6) is 0. The van der Waals surface area contributed by atoms with Crippen molar-refractivity contribution < 1.29 is 52.7 Å². The van der Waals surface area contributed by atoms with Gasteiger partial charge in [0, 0.05) is 10.4 Å². The summed E-state index contributed by atoms with van der Waals surface area (Å²) in [6.07, 6.45) is -19.0. The molecule has 4 nitrogen and oxygen atoms in total.